The molecule has 7 aliphatic rings. The first kappa shape index (κ1) is 62.5. The molecule has 4 amide bonds. The summed E-state index contributed by atoms with van der Waals surface area (Å²) in [4.78, 5) is 97.8. The van der Waals surface area contributed by atoms with Crippen molar-refractivity contribution < 1.29 is 57.3 Å². The van der Waals surface area contributed by atoms with Crippen molar-refractivity contribution in [2.24, 2.45) is 10.2 Å². The number of aliphatic carboxylic acids is 3. The van der Waals surface area contributed by atoms with Crippen LogP contribution in [0.25, 0.3) is 0 Å². The zero-order chi connectivity index (χ0) is 60.2. The second kappa shape index (κ2) is 30.3. The van der Waals surface area contributed by atoms with Gasteiger partial charge < -0.3 is 39.8 Å². The maximum atomic E-state index is 14.2. The number of carboxylic acids is 3. The Balaban J connectivity index is 1.12. The first-order chi connectivity index (χ1) is 40.3. The number of rotatable bonds is 17. The second-order valence-corrected chi connectivity index (χ2v) is 22.3. The number of hydrogen-bond acceptors (Lipinski definition) is 12. The summed E-state index contributed by atoms with van der Waals surface area (Å²) in [5.74, 6) is -4.81. The average Bonchev–Trinajstić information content (AvgIpc) is 3.57. The Kier molecular flexibility index (Phi) is 22.5. The number of amides is 4. The van der Waals surface area contributed by atoms with Crippen molar-refractivity contribution in [1.82, 2.24) is 4.72 Å². The molecule has 21 heteroatoms. The molecule has 0 radical (unpaired) electrons. The van der Waals surface area contributed by atoms with Crippen LogP contribution in [0.1, 0.15) is 92.9 Å². The second-order valence-electron chi connectivity index (χ2n) is 20.5. The normalized spacial score (nSPS) is 13.7. The van der Waals surface area contributed by atoms with Crippen molar-refractivity contribution in [3.8, 4) is 0 Å². The van der Waals surface area contributed by atoms with Gasteiger partial charge in [-0.2, -0.15) is 10.2 Å². The van der Waals surface area contributed by atoms with E-state index >= 15 is 0 Å². The molecule has 0 aromatic heterocycles. The van der Waals surface area contributed by atoms with E-state index in [2.05, 4.69) is 15.0 Å². The molecule has 0 saturated heterocycles. The number of carboxylic acid groups (broad SMARTS) is 3. The summed E-state index contributed by atoms with van der Waals surface area (Å²) in [5.41, 5.74) is 7.92. The maximum absolute atomic E-state index is 14.2. The molecule has 20 nitrogen and oxygen atoms in total. The predicted octanol–water partition coefficient (Wildman–Crippen LogP) is 9.92. The SMILES string of the molecule is CN(C)c1ccc(N=Nc2ccc(S(=O)(=O)NCCC(=O)N3CCCCN(C(=O)CCC(=O)O)c4ccc(cc4)Cc4ccc(cc4)N(C(=O)CCC(=O)O)CCCCN(C(=O)CCC(=O)O)c4ccc(cc4)Cc4ccc3cc4)cc2)cc1. The molecule has 0 saturated carbocycles. The van der Waals surface area contributed by atoms with Crippen LogP contribution in [0.3, 0.4) is 0 Å². The summed E-state index contributed by atoms with van der Waals surface area (Å²) < 4.78 is 29.5. The van der Waals surface area contributed by atoms with Gasteiger partial charge >= 0.3 is 17.9 Å². The molecule has 7 heterocycles. The number of anilines is 5. The molecule has 4 N–H and O–H groups in total. The third-order valence-corrected chi connectivity index (χ3v) is 15.6. The van der Waals surface area contributed by atoms with Gasteiger partial charge in [0.25, 0.3) is 0 Å². The minimum atomic E-state index is -4.04. The molecule has 0 unspecified atom stereocenters. The van der Waals surface area contributed by atoms with Gasteiger partial charge in [-0.15, -0.1) is 0 Å². The Morgan fingerprint density at radius 2 is 0.702 bits per heavy atom. The van der Waals surface area contributed by atoms with Gasteiger partial charge in [-0.1, -0.05) is 48.5 Å². The number of nitrogens with zero attached hydrogens (tertiary/aromatic N) is 7. The fourth-order valence-electron chi connectivity index (χ4n) is 9.50. The van der Waals surface area contributed by atoms with Gasteiger partial charge in [0.15, 0.2) is 0 Å². The van der Waals surface area contributed by atoms with Crippen LogP contribution in [0, 0.1) is 0 Å². The zero-order valence-corrected chi connectivity index (χ0v) is 48.0. The highest BCUT2D eigenvalue weighted by Crippen LogP contribution is 2.27. The number of nitrogens with one attached hydrogen (secondary N) is 1. The van der Waals surface area contributed by atoms with Gasteiger partial charge in [-0.25, -0.2) is 13.1 Å². The van der Waals surface area contributed by atoms with Crippen LogP contribution in [0.15, 0.2) is 161 Å². The van der Waals surface area contributed by atoms with Crippen LogP contribution in [0.4, 0.5) is 39.8 Å². The Labute approximate surface area is 489 Å². The molecule has 6 aromatic rings. The van der Waals surface area contributed by atoms with E-state index in [4.69, 9.17) is 0 Å². The lowest BCUT2D eigenvalue weighted by molar-refractivity contribution is -0.139. The lowest BCUT2D eigenvalue weighted by atomic mass is 10.0. The number of carbonyl (C=O) groups is 7. The lowest BCUT2D eigenvalue weighted by Crippen LogP contribution is -2.36. The van der Waals surface area contributed by atoms with Crippen LogP contribution in [-0.2, 0) is 56.4 Å². The molecule has 0 aliphatic carbocycles. The molecule has 84 heavy (non-hydrogen) atoms. The smallest absolute Gasteiger partial charge is 0.303 e. The molecule has 6 aromatic carbocycles. The molecular formula is C63H70N8O12S. The monoisotopic (exact) mass is 1160 g/mol. The number of sulfonamides is 1. The predicted molar refractivity (Wildman–Crippen MR) is 321 cm³/mol. The van der Waals surface area contributed by atoms with Gasteiger partial charge in [0, 0.05) is 101 Å². The fraction of sp³-hybridized carbons (Fsp3) is 0.317. The minimum Gasteiger partial charge on any atom is -0.481 e. The highest BCUT2D eigenvalue weighted by molar-refractivity contribution is 7.89. The minimum absolute atomic E-state index is 0.0183. The topological polar surface area (TPSA) is 267 Å². The van der Waals surface area contributed by atoms with Crippen LogP contribution < -0.4 is 29.2 Å². The van der Waals surface area contributed by atoms with Gasteiger partial charge in [-0.3, -0.25) is 33.6 Å². The third kappa shape index (κ3) is 18.7. The Morgan fingerprint density at radius 1 is 0.417 bits per heavy atom. The van der Waals surface area contributed by atoms with Gasteiger partial charge in [0.1, 0.15) is 0 Å². The lowest BCUT2D eigenvalue weighted by Gasteiger charge is -2.26. The van der Waals surface area contributed by atoms with Crippen molar-refractivity contribution in [2.45, 2.75) is 88.4 Å². The van der Waals surface area contributed by atoms with Crippen LogP contribution in [-0.4, -0.2) is 112 Å². The van der Waals surface area contributed by atoms with Crippen molar-refractivity contribution in [2.75, 3.05) is 71.3 Å². The fourth-order valence-corrected chi connectivity index (χ4v) is 10.5. The quantitative estimate of drug-likeness (QED) is 0.0620. The van der Waals surface area contributed by atoms with Crippen LogP contribution in [0.5, 0.6) is 0 Å². The van der Waals surface area contributed by atoms with E-state index in [0.29, 0.717) is 72.6 Å². The van der Waals surface area contributed by atoms with Crippen LogP contribution >= 0.6 is 0 Å². The van der Waals surface area contributed by atoms with E-state index in [1.807, 2.05) is 104 Å². The van der Waals surface area contributed by atoms with Gasteiger partial charge in [-0.05, 0) is 158 Å². The maximum Gasteiger partial charge on any atom is 0.303 e. The Morgan fingerprint density at radius 3 is 0.988 bits per heavy atom. The van der Waals surface area contributed by atoms with Gasteiger partial charge in [0.05, 0.1) is 35.5 Å². The van der Waals surface area contributed by atoms with Gasteiger partial charge in [0.2, 0.25) is 33.7 Å². The Bertz CT molecular complexity index is 3380. The number of azo groups is 1. The molecule has 0 atom stereocenters. The molecule has 0 spiro atoms. The Hall–Kier alpha value is -9.08. The van der Waals surface area contributed by atoms with Crippen molar-refractivity contribution in [3.05, 3.63) is 168 Å². The zero-order valence-electron chi connectivity index (χ0n) is 47.1. The largest absolute Gasteiger partial charge is 0.481 e. The summed E-state index contributed by atoms with van der Waals surface area (Å²) in [7, 11) is -0.172. The summed E-state index contributed by atoms with van der Waals surface area (Å²) in [6.07, 6.45) is 0.704. The van der Waals surface area contributed by atoms with E-state index < -0.39 is 27.9 Å². The molecular weight excluding hydrogens is 1090 g/mol. The molecule has 8 bridgehead atoms. The molecule has 0 fully saturated rings. The van der Waals surface area contributed by atoms with E-state index in [1.54, 1.807) is 56.0 Å². The summed E-state index contributed by atoms with van der Waals surface area (Å²) in [6.45, 7) is 0.650. The van der Waals surface area contributed by atoms with E-state index in [1.165, 1.54) is 24.3 Å². The van der Waals surface area contributed by atoms with Crippen molar-refractivity contribution in [3.63, 3.8) is 0 Å². The molecule has 13 rings (SSSR count). The van der Waals surface area contributed by atoms with E-state index in [-0.39, 0.29) is 106 Å². The average molecular weight is 1160 g/mol. The number of benzene rings is 6. The van der Waals surface area contributed by atoms with Crippen molar-refractivity contribution in [1.29, 1.82) is 0 Å². The standard InChI is InChI=1S/C63H70N8O12S/c1-67(2)51-27-15-49(16-28-51)65-66-50-17-29-56(30-18-50)84(82,83)64-38-37-60(75)71-42-6-5-41-70(59(74)33-36-63(80)81)54-23-9-46(10-24-54)43-45-7-19-52(20-8-45)68(57(72)31-34-61(76)77)39-3-4-40-69(58(73)32-35-62(78)79)53-21-11-47(12-22-53)44-48-13-25-55(71)26-14-48/h7-30,64H,3-6,31-44H2,1-2H3,(H,76,77)(H,78,79)(H,80,81). The summed E-state index contributed by atoms with van der Waals surface area (Å²) in [5, 5.41) is 36.7. The highest BCUT2D eigenvalue weighted by Gasteiger charge is 2.23. The highest BCUT2D eigenvalue weighted by atomic mass is 32.2. The first-order valence-electron chi connectivity index (χ1n) is 27.8. The number of carbonyl (C=O) groups excluding carboxylic acids is 4. The van der Waals surface area contributed by atoms with Crippen LogP contribution in [0.2, 0.25) is 0 Å². The van der Waals surface area contributed by atoms with Crippen molar-refractivity contribution >= 4 is 91.4 Å². The number of hydrogen-bond donors (Lipinski definition) is 4. The third-order valence-electron chi connectivity index (χ3n) is 14.1. The first-order valence-corrected chi connectivity index (χ1v) is 29.3. The molecule has 440 valence electrons. The summed E-state index contributed by atoms with van der Waals surface area (Å²) in [6, 6.07) is 42.8. The summed E-state index contributed by atoms with van der Waals surface area (Å²) >= 11 is 0. The van der Waals surface area contributed by atoms with E-state index in [0.717, 1.165) is 27.9 Å². The van der Waals surface area contributed by atoms with E-state index in [9.17, 15) is 57.3 Å². The molecule has 7 aliphatic heterocycles.